The molecule has 1 aliphatic heterocycles. The lowest BCUT2D eigenvalue weighted by Crippen LogP contribution is -2.33. The van der Waals surface area contributed by atoms with Gasteiger partial charge in [-0.15, -0.1) is 0 Å². The van der Waals surface area contributed by atoms with Crippen molar-refractivity contribution in [1.29, 1.82) is 0 Å². The highest BCUT2D eigenvalue weighted by Crippen LogP contribution is 2.39. The van der Waals surface area contributed by atoms with Crippen LogP contribution in [0, 0.1) is 0 Å². The zero-order chi connectivity index (χ0) is 25.9. The first-order chi connectivity index (χ1) is 17.7. The highest BCUT2D eigenvalue weighted by atomic mass is 19.4. The molecule has 2 aromatic carbocycles. The van der Waals surface area contributed by atoms with Crippen molar-refractivity contribution in [1.82, 2.24) is 29.5 Å². The minimum Gasteiger partial charge on any atom is -0.391 e. The minimum absolute atomic E-state index is 0.0337. The topological polar surface area (TPSA) is 139 Å². The predicted octanol–water partition coefficient (Wildman–Crippen LogP) is 2.97. The third kappa shape index (κ3) is 3.74. The Kier molecular flexibility index (Phi) is 5.12. The number of halogens is 3. The molecule has 5 aromatic rings. The Bertz CT molecular complexity index is 1700. The van der Waals surface area contributed by atoms with Gasteiger partial charge in [-0.05, 0) is 24.3 Å². The first-order valence-electron chi connectivity index (χ1n) is 11.3. The molecule has 1 aliphatic rings. The number of benzene rings is 2. The Morgan fingerprint density at radius 2 is 1.84 bits per heavy atom. The van der Waals surface area contributed by atoms with Crippen molar-refractivity contribution >= 4 is 33.8 Å². The summed E-state index contributed by atoms with van der Waals surface area (Å²) in [5.74, 6) is 0.428. The first kappa shape index (κ1) is 22.9. The fourth-order valence-electron chi connectivity index (χ4n) is 4.86. The van der Waals surface area contributed by atoms with E-state index in [-0.39, 0.29) is 30.3 Å². The third-order valence-corrected chi connectivity index (χ3v) is 6.37. The van der Waals surface area contributed by atoms with E-state index in [9.17, 15) is 23.1 Å². The average molecular weight is 508 g/mol. The van der Waals surface area contributed by atoms with Crippen LogP contribution in [-0.4, -0.2) is 47.2 Å². The van der Waals surface area contributed by atoms with E-state index in [2.05, 4.69) is 24.9 Å². The molecule has 0 amide bonds. The second kappa shape index (κ2) is 8.27. The van der Waals surface area contributed by atoms with E-state index < -0.39 is 34.8 Å². The molecule has 4 N–H and O–H groups in total. The lowest BCUT2D eigenvalue weighted by Gasteiger charge is -2.27. The molecule has 1 saturated heterocycles. The second-order valence-electron chi connectivity index (χ2n) is 8.71. The molecule has 0 aliphatic carbocycles. The Labute approximate surface area is 206 Å². The van der Waals surface area contributed by atoms with Gasteiger partial charge in [0.05, 0.1) is 40.6 Å². The average Bonchev–Trinajstić information content (AvgIpc) is 3.49. The van der Waals surface area contributed by atoms with Gasteiger partial charge in [0.2, 0.25) is 5.95 Å². The standard InChI is InChI=1S/C24H19F3N8O2/c25-24(26,27)14-7-4-8-15-17(14)22(37)35(12-5-2-1-3-6-12)20(31-15)16-9-13(36)10-34(16)21-18-19(30-11-29-18)32-23(28)33-21/h1-8,11,13,16,36H,9-10H2,(H3,28,29,30,32,33)/t13-,16-/m0/s1. The number of aromatic amines is 1. The Morgan fingerprint density at radius 3 is 2.59 bits per heavy atom. The van der Waals surface area contributed by atoms with Crippen LogP contribution in [0.15, 0.2) is 59.7 Å². The molecule has 188 valence electrons. The Balaban J connectivity index is 1.65. The van der Waals surface area contributed by atoms with Crippen molar-refractivity contribution in [3.8, 4) is 5.69 Å². The largest absolute Gasteiger partial charge is 0.417 e. The van der Waals surface area contributed by atoms with Crippen molar-refractivity contribution in [3.05, 3.63) is 76.6 Å². The van der Waals surface area contributed by atoms with Crippen LogP contribution in [0.3, 0.4) is 0 Å². The number of rotatable bonds is 3. The number of alkyl halides is 3. The molecular formula is C24H19F3N8O2. The van der Waals surface area contributed by atoms with Gasteiger partial charge in [0.1, 0.15) is 5.82 Å². The van der Waals surface area contributed by atoms with E-state index in [1.807, 2.05) is 0 Å². The SMILES string of the molecule is Nc1nc(N2C[C@@H](O)C[C@H]2c2nc3cccc(C(F)(F)F)c3c(=O)n2-c2ccccc2)c2nc[nH]c2n1. The van der Waals surface area contributed by atoms with Crippen molar-refractivity contribution in [3.63, 3.8) is 0 Å². The van der Waals surface area contributed by atoms with E-state index in [0.717, 1.165) is 6.07 Å². The third-order valence-electron chi connectivity index (χ3n) is 6.37. The van der Waals surface area contributed by atoms with Crippen LogP contribution < -0.4 is 16.2 Å². The molecule has 37 heavy (non-hydrogen) atoms. The number of fused-ring (bicyclic) bond motifs is 2. The molecule has 2 atom stereocenters. The van der Waals surface area contributed by atoms with Gasteiger partial charge in [-0.3, -0.25) is 9.36 Å². The van der Waals surface area contributed by atoms with E-state index in [0.29, 0.717) is 22.7 Å². The molecule has 0 unspecified atom stereocenters. The van der Waals surface area contributed by atoms with Gasteiger partial charge >= 0.3 is 6.18 Å². The molecule has 0 saturated carbocycles. The number of aliphatic hydroxyl groups excluding tert-OH is 1. The van der Waals surface area contributed by atoms with Crippen LogP contribution in [0.2, 0.25) is 0 Å². The van der Waals surface area contributed by atoms with Crippen molar-refractivity contribution in [2.24, 2.45) is 0 Å². The summed E-state index contributed by atoms with van der Waals surface area (Å²) in [7, 11) is 0. The Morgan fingerprint density at radius 1 is 1.05 bits per heavy atom. The van der Waals surface area contributed by atoms with Crippen molar-refractivity contribution in [2.75, 3.05) is 17.2 Å². The lowest BCUT2D eigenvalue weighted by atomic mass is 10.1. The van der Waals surface area contributed by atoms with Crippen LogP contribution in [-0.2, 0) is 6.18 Å². The molecule has 3 aromatic heterocycles. The second-order valence-corrected chi connectivity index (χ2v) is 8.71. The molecule has 4 heterocycles. The maximum Gasteiger partial charge on any atom is 0.417 e. The summed E-state index contributed by atoms with van der Waals surface area (Å²) >= 11 is 0. The van der Waals surface area contributed by atoms with Crippen molar-refractivity contribution in [2.45, 2.75) is 24.7 Å². The number of nitrogens with zero attached hydrogens (tertiary/aromatic N) is 6. The summed E-state index contributed by atoms with van der Waals surface area (Å²) in [6.07, 6.45) is -4.03. The molecule has 0 bridgehead atoms. The summed E-state index contributed by atoms with van der Waals surface area (Å²) in [6, 6.07) is 11.0. The van der Waals surface area contributed by atoms with E-state index in [1.54, 1.807) is 35.2 Å². The van der Waals surface area contributed by atoms with Crippen LogP contribution in [0.4, 0.5) is 24.9 Å². The van der Waals surface area contributed by atoms with Crippen LogP contribution in [0.5, 0.6) is 0 Å². The number of β-amino-alcohol motifs (C(OH)–C–C–N with tert-alkyl or cyclic N) is 1. The van der Waals surface area contributed by atoms with Gasteiger partial charge in [-0.2, -0.15) is 23.1 Å². The number of hydrogen-bond acceptors (Lipinski definition) is 8. The molecule has 6 rings (SSSR count). The maximum atomic E-state index is 13.9. The number of anilines is 2. The number of nitrogens with one attached hydrogen (secondary N) is 1. The molecule has 1 fully saturated rings. The number of imidazole rings is 1. The van der Waals surface area contributed by atoms with Gasteiger partial charge in [0, 0.05) is 13.0 Å². The molecule has 0 spiro atoms. The maximum absolute atomic E-state index is 13.9. The minimum atomic E-state index is -4.75. The summed E-state index contributed by atoms with van der Waals surface area (Å²) in [5, 5.41) is 10.1. The van der Waals surface area contributed by atoms with Crippen LogP contribution in [0.25, 0.3) is 27.8 Å². The number of para-hydroxylation sites is 1. The quantitative estimate of drug-likeness (QED) is 0.338. The van der Waals surface area contributed by atoms with Gasteiger partial charge in [0.15, 0.2) is 17.0 Å². The predicted molar refractivity (Wildman–Crippen MR) is 129 cm³/mol. The highest BCUT2D eigenvalue weighted by Gasteiger charge is 2.39. The molecular weight excluding hydrogens is 489 g/mol. The normalized spacial score (nSPS) is 18.2. The van der Waals surface area contributed by atoms with Crippen molar-refractivity contribution < 1.29 is 18.3 Å². The van der Waals surface area contributed by atoms with Gasteiger partial charge in [-0.25, -0.2) is 9.97 Å². The molecule has 13 heteroatoms. The zero-order valence-corrected chi connectivity index (χ0v) is 19.0. The van der Waals surface area contributed by atoms with Gasteiger partial charge in [-0.1, -0.05) is 24.3 Å². The van der Waals surface area contributed by atoms with Crippen LogP contribution in [0.1, 0.15) is 23.9 Å². The zero-order valence-electron chi connectivity index (χ0n) is 19.0. The Hall–Kier alpha value is -4.52. The highest BCUT2D eigenvalue weighted by molar-refractivity contribution is 5.85. The summed E-state index contributed by atoms with van der Waals surface area (Å²) in [4.78, 5) is 35.7. The lowest BCUT2D eigenvalue weighted by molar-refractivity contribution is -0.136. The first-order valence-corrected chi connectivity index (χ1v) is 11.3. The molecule has 0 radical (unpaired) electrons. The monoisotopic (exact) mass is 508 g/mol. The smallest absolute Gasteiger partial charge is 0.391 e. The van der Waals surface area contributed by atoms with E-state index in [1.165, 1.54) is 23.0 Å². The van der Waals surface area contributed by atoms with E-state index >= 15 is 0 Å². The summed E-state index contributed by atoms with van der Waals surface area (Å²) < 4.78 is 42.8. The summed E-state index contributed by atoms with van der Waals surface area (Å²) in [6.45, 7) is 0.106. The number of aliphatic hydroxyl groups is 1. The number of H-pyrrole nitrogens is 1. The van der Waals surface area contributed by atoms with E-state index in [4.69, 9.17) is 5.73 Å². The molecule has 10 nitrogen and oxygen atoms in total. The number of nitrogens with two attached hydrogens (primary N) is 1. The number of nitrogen functional groups attached to an aromatic ring is 1. The van der Waals surface area contributed by atoms with Gasteiger partial charge < -0.3 is 20.7 Å². The number of hydrogen-bond donors (Lipinski definition) is 3. The summed E-state index contributed by atoms with van der Waals surface area (Å²) in [5.41, 5.74) is 4.98. The fourth-order valence-corrected chi connectivity index (χ4v) is 4.86. The fraction of sp³-hybridized carbons (Fsp3) is 0.208. The van der Waals surface area contributed by atoms with Crippen LogP contribution >= 0.6 is 0 Å². The van der Waals surface area contributed by atoms with Gasteiger partial charge in [0.25, 0.3) is 5.56 Å². The number of aromatic nitrogens is 6.